The lowest BCUT2D eigenvalue weighted by atomic mass is 10.2. The molecule has 0 spiro atoms. The van der Waals surface area contributed by atoms with Gasteiger partial charge in [0.25, 0.3) is 0 Å². The highest BCUT2D eigenvalue weighted by atomic mass is 79.9. The standard InChI is InChI=1S/C23H15BrN4O4/c24-20-4-2-1-3-19(20)23(31)32-18-11-7-16(8-12-18)14-26-28-22(30)21(29)27-17-9-5-15(13-25)6-10-17/h1-12,14H,(H,27,29)(H,28,30)/b26-14+. The van der Waals surface area contributed by atoms with E-state index < -0.39 is 17.8 Å². The van der Waals surface area contributed by atoms with Gasteiger partial charge in [-0.15, -0.1) is 0 Å². The molecule has 0 saturated heterocycles. The Hall–Kier alpha value is -4.29. The fourth-order valence-corrected chi connectivity index (χ4v) is 2.89. The summed E-state index contributed by atoms with van der Waals surface area (Å²) in [6.07, 6.45) is 1.34. The van der Waals surface area contributed by atoms with Crippen molar-refractivity contribution in [3.05, 3.63) is 94.0 Å². The van der Waals surface area contributed by atoms with Gasteiger partial charge < -0.3 is 10.1 Å². The van der Waals surface area contributed by atoms with Crippen LogP contribution in [0.3, 0.4) is 0 Å². The number of amides is 2. The molecule has 3 aromatic carbocycles. The number of hydrazone groups is 1. The molecule has 9 heteroatoms. The van der Waals surface area contributed by atoms with Crippen LogP contribution >= 0.6 is 15.9 Å². The van der Waals surface area contributed by atoms with Gasteiger partial charge in [0.05, 0.1) is 23.4 Å². The van der Waals surface area contributed by atoms with E-state index in [2.05, 4.69) is 31.8 Å². The summed E-state index contributed by atoms with van der Waals surface area (Å²) in [4.78, 5) is 35.9. The van der Waals surface area contributed by atoms with Crippen molar-refractivity contribution in [3.63, 3.8) is 0 Å². The van der Waals surface area contributed by atoms with Crippen molar-refractivity contribution in [2.45, 2.75) is 0 Å². The van der Waals surface area contributed by atoms with Crippen LogP contribution < -0.4 is 15.5 Å². The average Bonchev–Trinajstić information content (AvgIpc) is 2.80. The van der Waals surface area contributed by atoms with Gasteiger partial charge >= 0.3 is 17.8 Å². The molecule has 0 aliphatic heterocycles. The molecule has 0 radical (unpaired) electrons. The van der Waals surface area contributed by atoms with E-state index in [1.54, 1.807) is 48.5 Å². The van der Waals surface area contributed by atoms with E-state index in [4.69, 9.17) is 10.00 Å². The Bertz CT molecular complexity index is 1220. The smallest absolute Gasteiger partial charge is 0.344 e. The third-order valence-corrected chi connectivity index (χ3v) is 4.73. The van der Waals surface area contributed by atoms with Crippen LogP contribution in [0.5, 0.6) is 5.75 Å². The van der Waals surface area contributed by atoms with E-state index >= 15 is 0 Å². The minimum atomic E-state index is -0.954. The number of hydrogen-bond acceptors (Lipinski definition) is 6. The predicted octanol–water partition coefficient (Wildman–Crippen LogP) is 3.63. The molecule has 0 aromatic heterocycles. The van der Waals surface area contributed by atoms with Crippen molar-refractivity contribution in [3.8, 4) is 11.8 Å². The minimum absolute atomic E-state index is 0.341. The highest BCUT2D eigenvalue weighted by Gasteiger charge is 2.13. The van der Waals surface area contributed by atoms with Crippen LogP contribution in [0.2, 0.25) is 0 Å². The van der Waals surface area contributed by atoms with E-state index in [-0.39, 0.29) is 0 Å². The molecule has 3 aromatic rings. The highest BCUT2D eigenvalue weighted by molar-refractivity contribution is 9.10. The maximum absolute atomic E-state index is 12.2. The van der Waals surface area contributed by atoms with Gasteiger partial charge in [0.2, 0.25) is 0 Å². The van der Waals surface area contributed by atoms with Gasteiger partial charge in [-0.1, -0.05) is 12.1 Å². The molecule has 0 atom stereocenters. The molecule has 0 aliphatic carbocycles. The molecule has 0 bridgehead atoms. The topological polar surface area (TPSA) is 121 Å². The largest absolute Gasteiger partial charge is 0.423 e. The van der Waals surface area contributed by atoms with Crippen molar-refractivity contribution in [2.75, 3.05) is 5.32 Å². The maximum Gasteiger partial charge on any atom is 0.344 e. The van der Waals surface area contributed by atoms with Gasteiger partial charge in [-0.05, 0) is 82.2 Å². The number of carbonyl (C=O) groups excluding carboxylic acids is 3. The Balaban J connectivity index is 1.51. The molecule has 0 aliphatic rings. The zero-order valence-electron chi connectivity index (χ0n) is 16.4. The molecular weight excluding hydrogens is 476 g/mol. The molecule has 2 amide bonds. The molecule has 8 nitrogen and oxygen atoms in total. The Kier molecular flexibility index (Phi) is 7.46. The number of ether oxygens (including phenoxy) is 1. The first-order valence-electron chi connectivity index (χ1n) is 9.17. The first-order valence-corrected chi connectivity index (χ1v) is 9.97. The number of nitrogens with one attached hydrogen (secondary N) is 2. The van der Waals surface area contributed by atoms with Crippen molar-refractivity contribution in [1.82, 2.24) is 5.43 Å². The van der Waals surface area contributed by atoms with Crippen molar-refractivity contribution < 1.29 is 19.1 Å². The Labute approximate surface area is 191 Å². The summed E-state index contributed by atoms with van der Waals surface area (Å²) in [5.41, 5.74) is 3.95. The van der Waals surface area contributed by atoms with Crippen LogP contribution in [0.1, 0.15) is 21.5 Å². The predicted molar refractivity (Wildman–Crippen MR) is 121 cm³/mol. The molecular formula is C23H15BrN4O4. The molecule has 158 valence electrons. The molecule has 0 heterocycles. The summed E-state index contributed by atoms with van der Waals surface area (Å²) < 4.78 is 5.96. The monoisotopic (exact) mass is 490 g/mol. The van der Waals surface area contributed by atoms with Crippen LogP contribution in [0, 0.1) is 11.3 Å². The first kappa shape index (κ1) is 22.4. The number of nitriles is 1. The maximum atomic E-state index is 12.2. The van der Waals surface area contributed by atoms with Crippen molar-refractivity contribution >= 4 is 45.6 Å². The fraction of sp³-hybridized carbons (Fsp3) is 0. The third-order valence-electron chi connectivity index (χ3n) is 4.04. The summed E-state index contributed by atoms with van der Waals surface area (Å²) in [5.74, 6) is -2.01. The summed E-state index contributed by atoms with van der Waals surface area (Å²) in [7, 11) is 0. The van der Waals surface area contributed by atoms with Gasteiger partial charge in [0, 0.05) is 10.2 Å². The van der Waals surface area contributed by atoms with Crippen molar-refractivity contribution in [1.29, 1.82) is 5.26 Å². The number of nitrogens with zero attached hydrogens (tertiary/aromatic N) is 2. The summed E-state index contributed by atoms with van der Waals surface area (Å²) in [5, 5.41) is 14.9. The van der Waals surface area contributed by atoms with Gasteiger partial charge in [-0.3, -0.25) is 9.59 Å². The van der Waals surface area contributed by atoms with Crippen LogP contribution in [0.4, 0.5) is 5.69 Å². The van der Waals surface area contributed by atoms with Gasteiger partial charge in [-0.2, -0.15) is 10.4 Å². The number of esters is 1. The van der Waals surface area contributed by atoms with Crippen LogP contribution in [-0.4, -0.2) is 24.0 Å². The van der Waals surface area contributed by atoms with E-state index in [1.807, 2.05) is 6.07 Å². The quantitative estimate of drug-likeness (QED) is 0.186. The average molecular weight is 491 g/mol. The third kappa shape index (κ3) is 6.10. The lowest BCUT2D eigenvalue weighted by Gasteiger charge is -2.06. The van der Waals surface area contributed by atoms with E-state index in [9.17, 15) is 14.4 Å². The molecule has 0 saturated carbocycles. The zero-order chi connectivity index (χ0) is 22.9. The number of halogens is 1. The van der Waals surface area contributed by atoms with Crippen LogP contribution in [0.15, 0.2) is 82.4 Å². The second-order valence-corrected chi connectivity index (χ2v) is 7.14. The molecule has 3 rings (SSSR count). The second-order valence-electron chi connectivity index (χ2n) is 6.28. The molecule has 32 heavy (non-hydrogen) atoms. The van der Waals surface area contributed by atoms with Crippen LogP contribution in [0.25, 0.3) is 0 Å². The lowest BCUT2D eigenvalue weighted by Crippen LogP contribution is -2.32. The first-order chi connectivity index (χ1) is 15.5. The van der Waals surface area contributed by atoms with E-state index in [0.29, 0.717) is 32.6 Å². The number of hydrogen-bond donors (Lipinski definition) is 2. The summed E-state index contributed by atoms with van der Waals surface area (Å²) in [6.45, 7) is 0. The zero-order valence-corrected chi connectivity index (χ0v) is 18.0. The number of carbonyl (C=O) groups is 3. The molecule has 0 fully saturated rings. The Morgan fingerprint density at radius 2 is 1.62 bits per heavy atom. The second kappa shape index (κ2) is 10.7. The van der Waals surface area contributed by atoms with Gasteiger partial charge in [0.1, 0.15) is 5.75 Å². The van der Waals surface area contributed by atoms with E-state index in [0.717, 1.165) is 0 Å². The lowest BCUT2D eigenvalue weighted by molar-refractivity contribution is -0.136. The molecule has 0 unspecified atom stereocenters. The fourth-order valence-electron chi connectivity index (χ4n) is 2.44. The summed E-state index contributed by atoms with van der Waals surface area (Å²) >= 11 is 3.30. The van der Waals surface area contributed by atoms with E-state index in [1.165, 1.54) is 30.5 Å². The minimum Gasteiger partial charge on any atom is -0.423 e. The van der Waals surface area contributed by atoms with Gasteiger partial charge in [0.15, 0.2) is 0 Å². The normalized spacial score (nSPS) is 10.2. The number of rotatable bonds is 5. The summed E-state index contributed by atoms with van der Waals surface area (Å²) in [6, 6.07) is 21.4. The molecule has 2 N–H and O–H groups in total. The number of anilines is 1. The highest BCUT2D eigenvalue weighted by Crippen LogP contribution is 2.19. The Morgan fingerprint density at radius 1 is 0.938 bits per heavy atom. The van der Waals surface area contributed by atoms with Crippen LogP contribution in [-0.2, 0) is 9.59 Å². The Morgan fingerprint density at radius 3 is 2.28 bits per heavy atom. The van der Waals surface area contributed by atoms with Crippen molar-refractivity contribution in [2.24, 2.45) is 5.10 Å². The SMILES string of the molecule is N#Cc1ccc(NC(=O)C(=O)N/N=C/c2ccc(OC(=O)c3ccccc3Br)cc2)cc1. The van der Waals surface area contributed by atoms with Gasteiger partial charge in [-0.25, -0.2) is 10.2 Å². The number of benzene rings is 3.